The third kappa shape index (κ3) is 4.45. The molecule has 0 saturated heterocycles. The Balaban J connectivity index is 1.77. The number of sulfonamides is 1. The van der Waals surface area contributed by atoms with E-state index >= 15 is 0 Å². The molecule has 8 nitrogen and oxygen atoms in total. The van der Waals surface area contributed by atoms with Crippen LogP contribution in [-0.4, -0.2) is 33.9 Å². The summed E-state index contributed by atoms with van der Waals surface area (Å²) in [6.45, 7) is 3.44. The van der Waals surface area contributed by atoms with Crippen molar-refractivity contribution in [1.29, 1.82) is 0 Å². The van der Waals surface area contributed by atoms with Crippen LogP contribution in [0.4, 0.5) is 17.3 Å². The number of aromatic nitrogens is 4. The molecule has 134 valence electrons. The average molecular weight is 370 g/mol. The van der Waals surface area contributed by atoms with Crippen LogP contribution < -0.4 is 10.0 Å². The molecule has 2 N–H and O–H groups in total. The largest absolute Gasteiger partial charge is 0.321 e. The Labute approximate surface area is 151 Å². The van der Waals surface area contributed by atoms with Crippen LogP contribution in [0, 0.1) is 0 Å². The van der Waals surface area contributed by atoms with E-state index in [1.165, 1.54) is 6.08 Å². The van der Waals surface area contributed by atoms with Crippen LogP contribution in [0.1, 0.15) is 0 Å². The number of anilines is 3. The summed E-state index contributed by atoms with van der Waals surface area (Å²) in [4.78, 5) is 8.67. The molecule has 0 amide bonds. The zero-order valence-corrected chi connectivity index (χ0v) is 14.9. The first-order valence-electron chi connectivity index (χ1n) is 7.76. The highest BCUT2D eigenvalue weighted by Crippen LogP contribution is 2.21. The minimum absolute atomic E-state index is 0.135. The van der Waals surface area contributed by atoms with Gasteiger partial charge in [-0.25, -0.2) is 18.4 Å². The fourth-order valence-electron chi connectivity index (χ4n) is 2.28. The van der Waals surface area contributed by atoms with E-state index < -0.39 is 10.0 Å². The van der Waals surface area contributed by atoms with E-state index in [2.05, 4.69) is 31.7 Å². The van der Waals surface area contributed by atoms with Gasteiger partial charge in [-0.15, -0.1) is 6.58 Å². The standard InChI is InChI=1S/C17H18N6O2S/c1-3-10-26(24,25)22-14-6-4-13(5-7-14)16-8-9-18-17(21-16)20-15-11-19-23(2)12-15/h3-9,11-12,22H,1,10H2,2H3,(H,18,20,21). The summed E-state index contributed by atoms with van der Waals surface area (Å²) in [7, 11) is -1.59. The molecule has 3 rings (SSSR count). The summed E-state index contributed by atoms with van der Waals surface area (Å²) >= 11 is 0. The molecule has 1 aromatic carbocycles. The highest BCUT2D eigenvalue weighted by atomic mass is 32.2. The van der Waals surface area contributed by atoms with E-state index in [1.807, 2.05) is 13.2 Å². The average Bonchev–Trinajstić information content (AvgIpc) is 3.00. The minimum atomic E-state index is -3.41. The van der Waals surface area contributed by atoms with Crippen molar-refractivity contribution in [3.05, 3.63) is 61.6 Å². The molecule has 26 heavy (non-hydrogen) atoms. The van der Waals surface area contributed by atoms with Gasteiger partial charge in [0.15, 0.2) is 0 Å². The first-order chi connectivity index (χ1) is 12.4. The van der Waals surface area contributed by atoms with Crippen LogP contribution in [0.15, 0.2) is 61.6 Å². The highest BCUT2D eigenvalue weighted by Gasteiger charge is 2.08. The molecule has 3 aromatic rings. The van der Waals surface area contributed by atoms with Gasteiger partial charge in [-0.05, 0) is 18.2 Å². The SMILES string of the molecule is C=CCS(=O)(=O)Nc1ccc(-c2ccnc(Nc3cnn(C)c3)n2)cc1. The number of nitrogens with zero attached hydrogens (tertiary/aromatic N) is 4. The zero-order valence-electron chi connectivity index (χ0n) is 14.1. The summed E-state index contributed by atoms with van der Waals surface area (Å²) in [5.41, 5.74) is 2.83. The maximum atomic E-state index is 11.8. The number of hydrogen-bond acceptors (Lipinski definition) is 6. The van der Waals surface area contributed by atoms with Crippen molar-refractivity contribution < 1.29 is 8.42 Å². The predicted octanol–water partition coefficient (Wildman–Crippen LogP) is 2.55. The first kappa shape index (κ1) is 17.6. The lowest BCUT2D eigenvalue weighted by atomic mass is 10.1. The zero-order chi connectivity index (χ0) is 18.6. The summed E-state index contributed by atoms with van der Waals surface area (Å²) in [6.07, 6.45) is 6.50. The lowest BCUT2D eigenvalue weighted by Crippen LogP contribution is -2.14. The highest BCUT2D eigenvalue weighted by molar-refractivity contribution is 7.92. The lowest BCUT2D eigenvalue weighted by molar-refractivity contribution is 0.604. The first-order valence-corrected chi connectivity index (χ1v) is 9.41. The van der Waals surface area contributed by atoms with Gasteiger partial charge >= 0.3 is 0 Å². The Morgan fingerprint density at radius 2 is 1.96 bits per heavy atom. The summed E-state index contributed by atoms with van der Waals surface area (Å²) in [5, 5.41) is 7.17. The molecule has 0 unspecified atom stereocenters. The van der Waals surface area contributed by atoms with Crippen LogP contribution in [0.5, 0.6) is 0 Å². The Morgan fingerprint density at radius 3 is 2.62 bits per heavy atom. The number of hydrogen-bond donors (Lipinski definition) is 2. The van der Waals surface area contributed by atoms with Gasteiger partial charge in [-0.3, -0.25) is 9.40 Å². The van der Waals surface area contributed by atoms with Gasteiger partial charge in [0.2, 0.25) is 16.0 Å². The second-order valence-electron chi connectivity index (χ2n) is 5.54. The van der Waals surface area contributed by atoms with Crippen molar-refractivity contribution in [2.45, 2.75) is 0 Å². The van der Waals surface area contributed by atoms with Crippen molar-refractivity contribution in [2.75, 3.05) is 15.8 Å². The normalized spacial score (nSPS) is 11.1. The van der Waals surface area contributed by atoms with Crippen molar-refractivity contribution in [1.82, 2.24) is 19.7 Å². The van der Waals surface area contributed by atoms with Crippen LogP contribution in [-0.2, 0) is 17.1 Å². The molecule has 0 radical (unpaired) electrons. The van der Waals surface area contributed by atoms with Gasteiger partial charge in [-0.2, -0.15) is 5.10 Å². The maximum Gasteiger partial charge on any atom is 0.236 e. The number of nitrogens with one attached hydrogen (secondary N) is 2. The molecule has 0 aliphatic heterocycles. The second-order valence-corrected chi connectivity index (χ2v) is 7.31. The lowest BCUT2D eigenvalue weighted by Gasteiger charge is -2.08. The van der Waals surface area contributed by atoms with E-state index in [-0.39, 0.29) is 5.75 Å². The maximum absolute atomic E-state index is 11.8. The monoisotopic (exact) mass is 370 g/mol. The van der Waals surface area contributed by atoms with Crippen molar-refractivity contribution in [3.8, 4) is 11.3 Å². The molecule has 2 heterocycles. The molecule has 0 saturated carbocycles. The van der Waals surface area contributed by atoms with Gasteiger partial charge in [0.05, 0.1) is 23.3 Å². The molecule has 0 aliphatic rings. The Hall–Kier alpha value is -3.20. The van der Waals surface area contributed by atoms with Crippen molar-refractivity contribution in [3.63, 3.8) is 0 Å². The van der Waals surface area contributed by atoms with Gasteiger partial charge in [0, 0.05) is 30.7 Å². The van der Waals surface area contributed by atoms with Crippen LogP contribution in [0.25, 0.3) is 11.3 Å². The molecule has 0 fully saturated rings. The van der Waals surface area contributed by atoms with Crippen LogP contribution in [0.3, 0.4) is 0 Å². The van der Waals surface area contributed by atoms with E-state index in [0.29, 0.717) is 17.3 Å². The topological polar surface area (TPSA) is 102 Å². The van der Waals surface area contributed by atoms with Crippen LogP contribution >= 0.6 is 0 Å². The smallest absolute Gasteiger partial charge is 0.236 e. The fourth-order valence-corrected chi connectivity index (χ4v) is 3.17. The van der Waals surface area contributed by atoms with Gasteiger partial charge < -0.3 is 5.32 Å². The van der Waals surface area contributed by atoms with E-state index in [9.17, 15) is 8.42 Å². The number of aryl methyl sites for hydroxylation is 1. The number of benzene rings is 1. The van der Waals surface area contributed by atoms with Gasteiger partial charge in [0.25, 0.3) is 0 Å². The molecule has 0 atom stereocenters. The molecule has 0 aliphatic carbocycles. The summed E-state index contributed by atoms with van der Waals surface area (Å²) in [6, 6.07) is 8.74. The quantitative estimate of drug-likeness (QED) is 0.620. The molecule has 2 aromatic heterocycles. The second kappa shape index (κ2) is 7.36. The molecular formula is C17H18N6O2S. The van der Waals surface area contributed by atoms with E-state index in [1.54, 1.807) is 47.4 Å². The molecule has 0 bridgehead atoms. The van der Waals surface area contributed by atoms with E-state index in [0.717, 1.165) is 11.3 Å². The van der Waals surface area contributed by atoms with Crippen molar-refractivity contribution in [2.24, 2.45) is 7.05 Å². The van der Waals surface area contributed by atoms with E-state index in [4.69, 9.17) is 0 Å². The minimum Gasteiger partial charge on any atom is -0.321 e. The Bertz CT molecular complexity index is 1010. The van der Waals surface area contributed by atoms with Gasteiger partial charge in [-0.1, -0.05) is 18.2 Å². The third-order valence-electron chi connectivity index (χ3n) is 3.41. The van der Waals surface area contributed by atoms with Crippen LogP contribution in [0.2, 0.25) is 0 Å². The number of rotatable bonds is 7. The fraction of sp³-hybridized carbons (Fsp3) is 0.118. The Kier molecular flexibility index (Phi) is 4.99. The Morgan fingerprint density at radius 1 is 1.19 bits per heavy atom. The van der Waals surface area contributed by atoms with Crippen molar-refractivity contribution >= 4 is 27.3 Å². The third-order valence-corrected chi connectivity index (χ3v) is 4.63. The predicted molar refractivity (Wildman–Crippen MR) is 102 cm³/mol. The van der Waals surface area contributed by atoms with Gasteiger partial charge in [0.1, 0.15) is 0 Å². The summed E-state index contributed by atoms with van der Waals surface area (Å²) in [5.74, 6) is 0.315. The summed E-state index contributed by atoms with van der Waals surface area (Å²) < 4.78 is 27.7. The molecule has 9 heteroatoms. The molecule has 0 spiro atoms. The molecular weight excluding hydrogens is 352 g/mol.